The highest BCUT2D eigenvalue weighted by Gasteiger charge is 2.17. The van der Waals surface area contributed by atoms with Gasteiger partial charge in [-0.3, -0.25) is 4.57 Å². The van der Waals surface area contributed by atoms with Crippen molar-refractivity contribution in [1.29, 1.82) is 0 Å². The van der Waals surface area contributed by atoms with E-state index in [0.717, 1.165) is 5.82 Å². The molecule has 1 heterocycles. The molecule has 0 saturated heterocycles. The summed E-state index contributed by atoms with van der Waals surface area (Å²) >= 11 is 5.98. The summed E-state index contributed by atoms with van der Waals surface area (Å²) in [4.78, 5) is 0. The first-order valence-electron chi connectivity index (χ1n) is 5.20. The lowest BCUT2D eigenvalue weighted by molar-refractivity contribution is 0.0178. The van der Waals surface area contributed by atoms with Crippen LogP contribution in [0.15, 0.2) is 0 Å². The fourth-order valence-electron chi connectivity index (χ4n) is 1.48. The summed E-state index contributed by atoms with van der Waals surface area (Å²) < 4.78 is 12.2. The van der Waals surface area contributed by atoms with Gasteiger partial charge in [-0.15, -0.1) is 10.2 Å². The molecule has 1 aromatic heterocycles. The molecule has 1 unspecified atom stereocenters. The molecule has 1 atom stereocenters. The fourth-order valence-corrected chi connectivity index (χ4v) is 1.67. The number of hydrogen-bond acceptors (Lipinski definition) is 4. The number of ether oxygens (including phenoxy) is 2. The average molecular weight is 248 g/mol. The van der Waals surface area contributed by atoms with Gasteiger partial charge in [0, 0.05) is 20.1 Å². The molecule has 1 rings (SSSR count). The molecule has 0 saturated carbocycles. The van der Waals surface area contributed by atoms with Gasteiger partial charge >= 0.3 is 0 Å². The molecule has 0 radical (unpaired) electrons. The second kappa shape index (κ2) is 6.18. The molecule has 6 heteroatoms. The van der Waals surface area contributed by atoms with Crippen LogP contribution in [0.4, 0.5) is 0 Å². The summed E-state index contributed by atoms with van der Waals surface area (Å²) in [5.74, 6) is 1.14. The summed E-state index contributed by atoms with van der Waals surface area (Å²) in [6.07, 6.45) is -0.0454. The normalized spacial score (nSPS) is 13.4. The zero-order chi connectivity index (χ0) is 12.1. The van der Waals surface area contributed by atoms with E-state index in [1.54, 1.807) is 14.2 Å². The Hall–Kier alpha value is -0.650. The van der Waals surface area contributed by atoms with E-state index in [4.69, 9.17) is 21.1 Å². The maximum absolute atomic E-state index is 5.98. The number of halogens is 1. The maximum atomic E-state index is 5.98. The van der Waals surface area contributed by atoms with E-state index in [9.17, 15) is 0 Å². The lowest BCUT2D eigenvalue weighted by Gasteiger charge is -2.17. The number of hydrogen-bond donors (Lipinski definition) is 0. The molecular formula is C10H18ClN3O2. The number of nitrogens with zero attached hydrogens (tertiary/aromatic N) is 3. The number of rotatable bonds is 6. The van der Waals surface area contributed by atoms with Crippen molar-refractivity contribution in [3.8, 4) is 0 Å². The second-order valence-corrected chi connectivity index (χ2v) is 4.24. The quantitative estimate of drug-likeness (QED) is 0.768. The molecule has 0 aliphatic heterocycles. The number of aromatic nitrogens is 3. The van der Waals surface area contributed by atoms with Gasteiger partial charge in [-0.05, 0) is 11.6 Å². The Bertz CT molecular complexity index is 328. The van der Waals surface area contributed by atoms with Crippen LogP contribution in [0.25, 0.3) is 0 Å². The van der Waals surface area contributed by atoms with E-state index in [2.05, 4.69) is 24.0 Å². The minimum atomic E-state index is -0.0454. The lowest BCUT2D eigenvalue weighted by Crippen LogP contribution is -2.25. The van der Waals surface area contributed by atoms with Crippen LogP contribution in [0.2, 0.25) is 5.28 Å². The topological polar surface area (TPSA) is 49.2 Å². The predicted octanol–water partition coefficient (Wildman–Crippen LogP) is 1.72. The van der Waals surface area contributed by atoms with Crippen LogP contribution in [-0.2, 0) is 16.0 Å². The monoisotopic (exact) mass is 247 g/mol. The maximum Gasteiger partial charge on any atom is 0.225 e. The average Bonchev–Trinajstić information content (AvgIpc) is 2.60. The molecule has 0 amide bonds. The Balaban J connectivity index is 2.81. The van der Waals surface area contributed by atoms with Crippen molar-refractivity contribution in [2.45, 2.75) is 32.4 Å². The Labute approximate surface area is 101 Å². The highest BCUT2D eigenvalue weighted by molar-refractivity contribution is 6.28. The van der Waals surface area contributed by atoms with Crippen LogP contribution < -0.4 is 0 Å². The third-order valence-electron chi connectivity index (χ3n) is 2.32. The molecule has 0 aliphatic carbocycles. The molecule has 0 N–H and O–H groups in total. The number of methoxy groups -OCH3 is 2. The van der Waals surface area contributed by atoms with Crippen molar-refractivity contribution in [2.75, 3.05) is 20.8 Å². The first-order chi connectivity index (χ1) is 7.60. The molecule has 0 spiro atoms. The second-order valence-electron chi connectivity index (χ2n) is 3.91. The smallest absolute Gasteiger partial charge is 0.225 e. The van der Waals surface area contributed by atoms with E-state index in [-0.39, 0.29) is 12.0 Å². The van der Waals surface area contributed by atoms with Crippen molar-refractivity contribution in [2.24, 2.45) is 0 Å². The Kier molecular flexibility index (Phi) is 5.18. The third-order valence-corrected chi connectivity index (χ3v) is 2.60. The lowest BCUT2D eigenvalue weighted by atomic mass is 10.2. The highest BCUT2D eigenvalue weighted by Crippen LogP contribution is 2.17. The summed E-state index contributed by atoms with van der Waals surface area (Å²) in [6.45, 7) is 5.22. The Morgan fingerprint density at radius 1 is 1.31 bits per heavy atom. The minimum Gasteiger partial charge on any atom is -0.382 e. The van der Waals surface area contributed by atoms with Gasteiger partial charge in [-0.2, -0.15) is 0 Å². The van der Waals surface area contributed by atoms with Crippen LogP contribution in [-0.4, -0.2) is 41.7 Å². The van der Waals surface area contributed by atoms with E-state index in [1.165, 1.54) is 0 Å². The van der Waals surface area contributed by atoms with Crippen molar-refractivity contribution in [1.82, 2.24) is 14.8 Å². The van der Waals surface area contributed by atoms with Gasteiger partial charge in [0.1, 0.15) is 5.82 Å². The minimum absolute atomic E-state index is 0.0454. The van der Waals surface area contributed by atoms with Gasteiger partial charge in [0.25, 0.3) is 0 Å². The molecule has 0 fully saturated rings. The molecule has 16 heavy (non-hydrogen) atoms. The van der Waals surface area contributed by atoms with E-state index in [1.807, 2.05) is 4.57 Å². The van der Waals surface area contributed by atoms with Gasteiger partial charge in [0.15, 0.2) is 0 Å². The van der Waals surface area contributed by atoms with Gasteiger partial charge in [0.2, 0.25) is 5.28 Å². The van der Waals surface area contributed by atoms with Crippen molar-refractivity contribution >= 4 is 11.6 Å². The first-order valence-corrected chi connectivity index (χ1v) is 5.58. The van der Waals surface area contributed by atoms with E-state index >= 15 is 0 Å². The summed E-state index contributed by atoms with van der Waals surface area (Å²) in [5, 5.41) is 8.31. The van der Waals surface area contributed by atoms with Crippen LogP contribution in [0.3, 0.4) is 0 Å². The molecular weight excluding hydrogens is 230 g/mol. The van der Waals surface area contributed by atoms with Crippen molar-refractivity contribution in [3.05, 3.63) is 11.1 Å². The molecule has 92 valence electrons. The fraction of sp³-hybridized carbons (Fsp3) is 0.800. The summed E-state index contributed by atoms with van der Waals surface area (Å²) in [6, 6.07) is 0. The zero-order valence-electron chi connectivity index (χ0n) is 10.1. The third kappa shape index (κ3) is 3.17. The van der Waals surface area contributed by atoms with Crippen molar-refractivity contribution in [3.63, 3.8) is 0 Å². The van der Waals surface area contributed by atoms with Gasteiger partial charge in [0.05, 0.1) is 19.3 Å². The van der Waals surface area contributed by atoms with Crippen molar-refractivity contribution < 1.29 is 9.47 Å². The first kappa shape index (κ1) is 13.4. The van der Waals surface area contributed by atoms with Gasteiger partial charge < -0.3 is 9.47 Å². The SMILES string of the molecule is COCC(Cn1c(Cl)nnc1C(C)C)OC. The Morgan fingerprint density at radius 2 is 2.00 bits per heavy atom. The summed E-state index contributed by atoms with van der Waals surface area (Å²) in [7, 11) is 3.29. The van der Waals surface area contributed by atoms with Gasteiger partial charge in [-0.1, -0.05) is 13.8 Å². The zero-order valence-corrected chi connectivity index (χ0v) is 10.9. The van der Waals surface area contributed by atoms with Crippen LogP contribution >= 0.6 is 11.6 Å². The van der Waals surface area contributed by atoms with Crippen LogP contribution in [0, 0.1) is 0 Å². The molecule has 0 aromatic carbocycles. The molecule has 1 aromatic rings. The summed E-state index contributed by atoms with van der Waals surface area (Å²) in [5.41, 5.74) is 0. The molecule has 0 aliphatic rings. The molecule has 0 bridgehead atoms. The predicted molar refractivity (Wildman–Crippen MR) is 61.8 cm³/mol. The van der Waals surface area contributed by atoms with E-state index in [0.29, 0.717) is 18.4 Å². The van der Waals surface area contributed by atoms with Crippen LogP contribution in [0.5, 0.6) is 0 Å². The van der Waals surface area contributed by atoms with Gasteiger partial charge in [-0.25, -0.2) is 0 Å². The van der Waals surface area contributed by atoms with Crippen LogP contribution in [0.1, 0.15) is 25.6 Å². The Morgan fingerprint density at radius 3 is 2.50 bits per heavy atom. The molecule has 5 nitrogen and oxygen atoms in total. The largest absolute Gasteiger partial charge is 0.382 e. The van der Waals surface area contributed by atoms with E-state index < -0.39 is 0 Å². The standard InChI is InChI=1S/C10H18ClN3O2/c1-7(2)9-12-13-10(11)14(9)5-8(16-4)6-15-3/h7-8H,5-6H2,1-4H3. The highest BCUT2D eigenvalue weighted by atomic mass is 35.5.